The van der Waals surface area contributed by atoms with Gasteiger partial charge in [0.1, 0.15) is 5.82 Å². The van der Waals surface area contributed by atoms with Crippen LogP contribution in [0.4, 0.5) is 4.39 Å². The van der Waals surface area contributed by atoms with Gasteiger partial charge in [-0.3, -0.25) is 4.79 Å². The van der Waals surface area contributed by atoms with E-state index in [2.05, 4.69) is 16.8 Å². The van der Waals surface area contributed by atoms with Crippen molar-refractivity contribution >= 4 is 5.78 Å². The van der Waals surface area contributed by atoms with Crippen LogP contribution in [0.15, 0.2) is 24.3 Å². The zero-order valence-corrected chi connectivity index (χ0v) is 13.2. The van der Waals surface area contributed by atoms with Crippen LogP contribution in [0.3, 0.4) is 0 Å². The normalized spacial score (nSPS) is 20.9. The first-order valence-corrected chi connectivity index (χ1v) is 7.63. The summed E-state index contributed by atoms with van der Waals surface area (Å²) in [5.74, 6) is -0.0419. The molecule has 1 fully saturated rings. The average Bonchev–Trinajstić information content (AvgIpc) is 2.83. The highest BCUT2D eigenvalue weighted by Crippen LogP contribution is 2.17. The first kappa shape index (κ1) is 16.1. The molecule has 116 valence electrons. The van der Waals surface area contributed by atoms with Gasteiger partial charge in [0.2, 0.25) is 0 Å². The first-order valence-electron chi connectivity index (χ1n) is 7.63. The molecule has 0 bridgehead atoms. The van der Waals surface area contributed by atoms with Crippen molar-refractivity contribution < 1.29 is 9.18 Å². The molecule has 21 heavy (non-hydrogen) atoms. The van der Waals surface area contributed by atoms with Gasteiger partial charge in [0.25, 0.3) is 0 Å². The lowest BCUT2D eigenvalue weighted by Crippen LogP contribution is -2.33. The Morgan fingerprint density at radius 2 is 2.19 bits per heavy atom. The topological polar surface area (TPSA) is 23.6 Å². The molecule has 1 aliphatic rings. The third-order valence-electron chi connectivity index (χ3n) is 4.23. The Bertz CT molecular complexity index is 491. The van der Waals surface area contributed by atoms with Crippen LogP contribution in [-0.2, 0) is 0 Å². The van der Waals surface area contributed by atoms with Crippen LogP contribution in [0.2, 0.25) is 0 Å². The van der Waals surface area contributed by atoms with E-state index in [9.17, 15) is 9.18 Å². The number of Topliss-reactive ketones (excluding diaryl/α,β-unsaturated/α-hetero) is 1. The van der Waals surface area contributed by atoms with Crippen molar-refractivity contribution in [2.75, 3.05) is 40.3 Å². The van der Waals surface area contributed by atoms with Crippen molar-refractivity contribution in [1.82, 2.24) is 9.80 Å². The van der Waals surface area contributed by atoms with E-state index >= 15 is 0 Å². The summed E-state index contributed by atoms with van der Waals surface area (Å²) in [5, 5.41) is 0. The van der Waals surface area contributed by atoms with Gasteiger partial charge in [0.15, 0.2) is 5.78 Å². The molecule has 2 unspecified atom stereocenters. The number of ketones is 1. The van der Waals surface area contributed by atoms with Crippen LogP contribution < -0.4 is 0 Å². The Hall–Kier alpha value is -1.26. The van der Waals surface area contributed by atoms with Crippen molar-refractivity contribution in [3.8, 4) is 0 Å². The zero-order chi connectivity index (χ0) is 15.4. The van der Waals surface area contributed by atoms with Crippen LogP contribution in [0.25, 0.3) is 0 Å². The van der Waals surface area contributed by atoms with E-state index in [1.165, 1.54) is 12.5 Å². The minimum Gasteiger partial charge on any atom is -0.306 e. The molecule has 1 aromatic rings. The van der Waals surface area contributed by atoms with Gasteiger partial charge in [-0.1, -0.05) is 19.1 Å². The second-order valence-electron chi connectivity index (χ2n) is 6.38. The number of carbonyl (C=O) groups is 1. The number of nitrogens with zero attached hydrogens (tertiary/aromatic N) is 2. The van der Waals surface area contributed by atoms with Crippen molar-refractivity contribution in [2.24, 2.45) is 11.8 Å². The Morgan fingerprint density at radius 3 is 2.81 bits per heavy atom. The Kier molecular flexibility index (Phi) is 5.48. The highest BCUT2D eigenvalue weighted by molar-refractivity contribution is 5.98. The zero-order valence-electron chi connectivity index (χ0n) is 13.2. The summed E-state index contributed by atoms with van der Waals surface area (Å²) in [6.07, 6.45) is 1.22. The maximum Gasteiger partial charge on any atom is 0.169 e. The van der Waals surface area contributed by atoms with Gasteiger partial charge >= 0.3 is 0 Å². The van der Waals surface area contributed by atoms with Crippen molar-refractivity contribution in [3.05, 3.63) is 35.6 Å². The first-order chi connectivity index (χ1) is 9.97. The molecule has 2 rings (SSSR count). The van der Waals surface area contributed by atoms with Crippen molar-refractivity contribution in [1.29, 1.82) is 0 Å². The van der Waals surface area contributed by atoms with Crippen molar-refractivity contribution in [3.63, 3.8) is 0 Å². The number of carbonyl (C=O) groups excluding carboxylic acids is 1. The maximum absolute atomic E-state index is 13.7. The van der Waals surface area contributed by atoms with Crippen molar-refractivity contribution in [2.45, 2.75) is 13.3 Å². The van der Waals surface area contributed by atoms with E-state index in [1.54, 1.807) is 18.2 Å². The average molecular weight is 292 g/mol. The fourth-order valence-electron chi connectivity index (χ4n) is 3.17. The lowest BCUT2D eigenvalue weighted by Gasteiger charge is -2.23. The number of rotatable bonds is 6. The second-order valence-corrected chi connectivity index (χ2v) is 6.38. The largest absolute Gasteiger partial charge is 0.306 e. The molecule has 0 N–H and O–H groups in total. The van der Waals surface area contributed by atoms with E-state index in [0.717, 1.165) is 19.6 Å². The molecular formula is C17H25FN2O. The molecule has 4 heteroatoms. The van der Waals surface area contributed by atoms with Gasteiger partial charge in [0.05, 0.1) is 5.56 Å². The highest BCUT2D eigenvalue weighted by atomic mass is 19.1. The Labute approximate surface area is 126 Å². The molecule has 0 aromatic heterocycles. The highest BCUT2D eigenvalue weighted by Gasteiger charge is 2.23. The third kappa shape index (κ3) is 4.35. The summed E-state index contributed by atoms with van der Waals surface area (Å²) in [4.78, 5) is 16.9. The summed E-state index contributed by atoms with van der Waals surface area (Å²) in [7, 11) is 4.19. The van der Waals surface area contributed by atoms with Gasteiger partial charge in [-0.15, -0.1) is 0 Å². The quantitative estimate of drug-likeness (QED) is 0.753. The second kappa shape index (κ2) is 7.14. The number of hydrogen-bond donors (Lipinski definition) is 0. The van der Waals surface area contributed by atoms with E-state index in [4.69, 9.17) is 0 Å². The van der Waals surface area contributed by atoms with Crippen LogP contribution in [0, 0.1) is 17.7 Å². The minimum absolute atomic E-state index is 0.108. The minimum atomic E-state index is -0.422. The Morgan fingerprint density at radius 1 is 1.48 bits per heavy atom. The molecule has 1 heterocycles. The molecule has 0 amide bonds. The third-order valence-corrected chi connectivity index (χ3v) is 4.23. The summed E-state index contributed by atoms with van der Waals surface area (Å²) >= 11 is 0. The van der Waals surface area contributed by atoms with Crippen LogP contribution in [-0.4, -0.2) is 55.9 Å². The maximum atomic E-state index is 13.7. The predicted octanol–water partition coefficient (Wildman–Crippen LogP) is 2.53. The van der Waals surface area contributed by atoms with E-state index in [-0.39, 0.29) is 17.3 Å². The summed E-state index contributed by atoms with van der Waals surface area (Å²) in [6.45, 7) is 5.83. The molecular weight excluding hydrogens is 267 g/mol. The molecule has 1 aliphatic heterocycles. The van der Waals surface area contributed by atoms with E-state index < -0.39 is 5.82 Å². The number of halogens is 1. The van der Waals surface area contributed by atoms with Crippen LogP contribution in [0.1, 0.15) is 23.7 Å². The monoisotopic (exact) mass is 292 g/mol. The fraction of sp³-hybridized carbons (Fsp3) is 0.588. The standard InChI is InChI=1S/C17H25FN2O/c1-13(17(21)15-6-4-5-7-16(15)18)10-20(3)12-14-8-9-19(2)11-14/h4-7,13-14H,8-12H2,1-3H3. The fourth-order valence-corrected chi connectivity index (χ4v) is 3.17. The van der Waals surface area contributed by atoms with Crippen LogP contribution >= 0.6 is 0 Å². The Balaban J connectivity index is 1.87. The number of likely N-dealkylation sites (tertiary alicyclic amines) is 1. The molecule has 0 spiro atoms. The lowest BCUT2D eigenvalue weighted by atomic mass is 9.98. The van der Waals surface area contributed by atoms with Gasteiger partial charge in [-0.05, 0) is 45.1 Å². The van der Waals surface area contributed by atoms with Gasteiger partial charge in [-0.2, -0.15) is 0 Å². The van der Waals surface area contributed by atoms with Crippen LogP contribution in [0.5, 0.6) is 0 Å². The molecule has 2 atom stereocenters. The van der Waals surface area contributed by atoms with E-state index in [1.807, 2.05) is 14.0 Å². The molecule has 0 radical (unpaired) electrons. The summed E-state index contributed by atoms with van der Waals surface area (Å²) in [6, 6.07) is 6.23. The SMILES string of the molecule is CC(CN(C)CC1CCN(C)C1)C(=O)c1ccccc1F. The molecule has 3 nitrogen and oxygen atoms in total. The smallest absolute Gasteiger partial charge is 0.169 e. The van der Waals surface area contributed by atoms with E-state index in [0.29, 0.717) is 12.5 Å². The number of hydrogen-bond acceptors (Lipinski definition) is 3. The molecule has 0 saturated carbocycles. The molecule has 1 saturated heterocycles. The predicted molar refractivity (Wildman–Crippen MR) is 83.0 cm³/mol. The van der Waals surface area contributed by atoms with Gasteiger partial charge < -0.3 is 9.80 Å². The summed E-state index contributed by atoms with van der Waals surface area (Å²) < 4.78 is 13.7. The number of benzene rings is 1. The van der Waals surface area contributed by atoms with Gasteiger partial charge in [0, 0.05) is 25.6 Å². The molecule has 1 aromatic carbocycles. The summed E-state index contributed by atoms with van der Waals surface area (Å²) in [5.41, 5.74) is 0.207. The molecule has 0 aliphatic carbocycles. The lowest BCUT2D eigenvalue weighted by molar-refractivity contribution is 0.0894. The van der Waals surface area contributed by atoms with Gasteiger partial charge in [-0.25, -0.2) is 4.39 Å².